The van der Waals surface area contributed by atoms with Crippen LogP contribution in [0, 0.1) is 10.1 Å². The minimum atomic E-state index is -0.394. The van der Waals surface area contributed by atoms with E-state index in [2.05, 4.69) is 4.90 Å². The first-order valence-corrected chi connectivity index (χ1v) is 6.38. The van der Waals surface area contributed by atoms with Crippen LogP contribution in [0.3, 0.4) is 0 Å². The fraction of sp³-hybridized carbons (Fsp3) is 0.286. The molecular weight excluding hydrogens is 260 g/mol. The number of furan rings is 1. The molecule has 0 bridgehead atoms. The molecule has 1 atom stereocenters. The fourth-order valence-electron chi connectivity index (χ4n) is 2.32. The van der Waals surface area contributed by atoms with Gasteiger partial charge in [0.1, 0.15) is 11.9 Å². The molecule has 1 saturated heterocycles. The van der Waals surface area contributed by atoms with E-state index >= 15 is 0 Å². The highest BCUT2D eigenvalue weighted by atomic mass is 16.6. The summed E-state index contributed by atoms with van der Waals surface area (Å²) in [5.41, 5.74) is 1.06. The Kier molecular flexibility index (Phi) is 3.39. The Balaban J connectivity index is 1.75. The van der Waals surface area contributed by atoms with Crippen molar-refractivity contribution in [3.63, 3.8) is 0 Å². The number of rotatable bonds is 3. The first-order valence-electron chi connectivity index (χ1n) is 6.38. The lowest BCUT2D eigenvalue weighted by atomic mass is 10.2. The largest absolute Gasteiger partial charge is 0.467 e. The van der Waals surface area contributed by atoms with Gasteiger partial charge in [-0.3, -0.25) is 10.1 Å². The van der Waals surface area contributed by atoms with Gasteiger partial charge in [0.2, 0.25) is 0 Å². The van der Waals surface area contributed by atoms with Gasteiger partial charge in [0, 0.05) is 24.4 Å². The van der Waals surface area contributed by atoms with E-state index in [4.69, 9.17) is 9.15 Å². The molecule has 2 aromatic rings. The Morgan fingerprint density at radius 3 is 2.70 bits per heavy atom. The zero-order valence-corrected chi connectivity index (χ0v) is 10.8. The highest BCUT2D eigenvalue weighted by molar-refractivity contribution is 5.51. The lowest BCUT2D eigenvalue weighted by molar-refractivity contribution is -0.384. The van der Waals surface area contributed by atoms with Crippen LogP contribution in [-0.2, 0) is 4.74 Å². The van der Waals surface area contributed by atoms with Crippen molar-refractivity contribution in [2.75, 3.05) is 24.6 Å². The molecular formula is C14H14N2O4. The monoisotopic (exact) mass is 274 g/mol. The van der Waals surface area contributed by atoms with Crippen molar-refractivity contribution in [2.45, 2.75) is 6.10 Å². The summed E-state index contributed by atoms with van der Waals surface area (Å²) in [6.07, 6.45) is 1.53. The molecule has 1 aliphatic rings. The van der Waals surface area contributed by atoms with Crippen molar-refractivity contribution in [3.8, 4) is 0 Å². The quantitative estimate of drug-likeness (QED) is 0.636. The number of nitro groups is 1. The molecule has 20 heavy (non-hydrogen) atoms. The standard InChI is InChI=1S/C14H14N2O4/c17-16(18)12-5-3-11(4-6-12)15-7-9-20-14(10-15)13-2-1-8-19-13/h1-6,8,14H,7,9-10H2. The van der Waals surface area contributed by atoms with Crippen LogP contribution in [0.4, 0.5) is 11.4 Å². The van der Waals surface area contributed by atoms with Crippen molar-refractivity contribution in [3.05, 3.63) is 58.5 Å². The molecule has 1 aliphatic heterocycles. The number of morpholine rings is 1. The van der Waals surface area contributed by atoms with Gasteiger partial charge in [0.15, 0.2) is 0 Å². The van der Waals surface area contributed by atoms with Crippen LogP contribution in [0.15, 0.2) is 47.1 Å². The van der Waals surface area contributed by atoms with Crippen LogP contribution < -0.4 is 4.90 Å². The van der Waals surface area contributed by atoms with Crippen molar-refractivity contribution >= 4 is 11.4 Å². The predicted octanol–water partition coefficient (Wildman–Crippen LogP) is 2.77. The minimum Gasteiger partial charge on any atom is -0.467 e. The van der Waals surface area contributed by atoms with E-state index in [9.17, 15) is 10.1 Å². The molecule has 6 nitrogen and oxygen atoms in total. The van der Waals surface area contributed by atoms with Crippen LogP contribution >= 0.6 is 0 Å². The maximum Gasteiger partial charge on any atom is 0.269 e. The molecule has 0 N–H and O–H groups in total. The third-order valence-corrected chi connectivity index (χ3v) is 3.35. The Morgan fingerprint density at radius 1 is 1.25 bits per heavy atom. The van der Waals surface area contributed by atoms with Crippen LogP contribution in [0.25, 0.3) is 0 Å². The zero-order chi connectivity index (χ0) is 13.9. The topological polar surface area (TPSA) is 68.8 Å². The molecule has 2 heterocycles. The molecule has 1 aromatic carbocycles. The average Bonchev–Trinajstić information content (AvgIpc) is 3.02. The van der Waals surface area contributed by atoms with Crippen LogP contribution in [0.5, 0.6) is 0 Å². The predicted molar refractivity (Wildman–Crippen MR) is 72.7 cm³/mol. The third-order valence-electron chi connectivity index (χ3n) is 3.35. The van der Waals surface area contributed by atoms with Gasteiger partial charge in [-0.05, 0) is 24.3 Å². The Morgan fingerprint density at radius 2 is 2.05 bits per heavy atom. The maximum atomic E-state index is 10.7. The number of nitro benzene ring substituents is 1. The number of benzene rings is 1. The molecule has 3 rings (SSSR count). The van der Waals surface area contributed by atoms with Crippen LogP contribution in [-0.4, -0.2) is 24.6 Å². The van der Waals surface area contributed by atoms with Gasteiger partial charge in [-0.2, -0.15) is 0 Å². The first kappa shape index (κ1) is 12.7. The molecule has 0 spiro atoms. The van der Waals surface area contributed by atoms with Crippen molar-refractivity contribution in [2.24, 2.45) is 0 Å². The van der Waals surface area contributed by atoms with Gasteiger partial charge in [-0.1, -0.05) is 0 Å². The number of hydrogen-bond acceptors (Lipinski definition) is 5. The minimum absolute atomic E-state index is 0.101. The molecule has 0 radical (unpaired) electrons. The van der Waals surface area contributed by atoms with Gasteiger partial charge >= 0.3 is 0 Å². The van der Waals surface area contributed by atoms with Crippen molar-refractivity contribution < 1.29 is 14.1 Å². The van der Waals surface area contributed by atoms with Crippen LogP contribution in [0.2, 0.25) is 0 Å². The maximum absolute atomic E-state index is 10.7. The molecule has 0 saturated carbocycles. The number of non-ortho nitro benzene ring substituents is 1. The summed E-state index contributed by atoms with van der Waals surface area (Å²) in [5, 5.41) is 10.7. The number of ether oxygens (including phenoxy) is 1. The van der Waals surface area contributed by atoms with Gasteiger partial charge in [-0.15, -0.1) is 0 Å². The summed E-state index contributed by atoms with van der Waals surface area (Å²) < 4.78 is 11.1. The molecule has 0 aliphatic carbocycles. The number of anilines is 1. The van der Waals surface area contributed by atoms with E-state index < -0.39 is 4.92 Å². The molecule has 1 unspecified atom stereocenters. The number of hydrogen-bond donors (Lipinski definition) is 0. The van der Waals surface area contributed by atoms with Gasteiger partial charge in [-0.25, -0.2) is 0 Å². The highest BCUT2D eigenvalue weighted by Crippen LogP contribution is 2.27. The summed E-state index contributed by atoms with van der Waals surface area (Å²) in [6, 6.07) is 10.3. The molecule has 0 amide bonds. The smallest absolute Gasteiger partial charge is 0.269 e. The summed E-state index contributed by atoms with van der Waals surface area (Å²) in [4.78, 5) is 12.4. The fourth-order valence-corrected chi connectivity index (χ4v) is 2.32. The molecule has 6 heteroatoms. The number of nitrogens with zero attached hydrogens (tertiary/aromatic N) is 2. The lowest BCUT2D eigenvalue weighted by Crippen LogP contribution is -2.38. The third kappa shape index (κ3) is 2.50. The first-order chi connectivity index (χ1) is 9.74. The van der Waals surface area contributed by atoms with Crippen molar-refractivity contribution in [1.29, 1.82) is 0 Å². The van der Waals surface area contributed by atoms with Crippen LogP contribution in [0.1, 0.15) is 11.9 Å². The zero-order valence-electron chi connectivity index (χ0n) is 10.8. The lowest BCUT2D eigenvalue weighted by Gasteiger charge is -2.33. The summed E-state index contributed by atoms with van der Waals surface area (Å²) in [7, 11) is 0. The normalized spacial score (nSPS) is 19.0. The van der Waals surface area contributed by atoms with E-state index in [1.165, 1.54) is 12.1 Å². The average molecular weight is 274 g/mol. The second-order valence-electron chi connectivity index (χ2n) is 4.59. The highest BCUT2D eigenvalue weighted by Gasteiger charge is 2.24. The Bertz CT molecular complexity index is 580. The van der Waals surface area contributed by atoms with E-state index in [1.54, 1.807) is 18.4 Å². The summed E-state index contributed by atoms with van der Waals surface area (Å²) >= 11 is 0. The summed E-state index contributed by atoms with van der Waals surface area (Å²) in [6.45, 7) is 2.03. The second-order valence-corrected chi connectivity index (χ2v) is 4.59. The van der Waals surface area contributed by atoms with Crippen molar-refractivity contribution in [1.82, 2.24) is 0 Å². The summed E-state index contributed by atoms with van der Waals surface area (Å²) in [5.74, 6) is 0.802. The SMILES string of the molecule is O=[N+]([O-])c1ccc(N2CCOC(c3ccco3)C2)cc1. The molecule has 1 fully saturated rings. The van der Waals surface area contributed by atoms with E-state index in [-0.39, 0.29) is 11.8 Å². The van der Waals surface area contributed by atoms with Gasteiger partial charge in [0.05, 0.1) is 24.3 Å². The van der Waals surface area contributed by atoms with E-state index in [0.717, 1.165) is 18.0 Å². The van der Waals surface area contributed by atoms with E-state index in [0.29, 0.717) is 13.2 Å². The van der Waals surface area contributed by atoms with Gasteiger partial charge in [0.25, 0.3) is 5.69 Å². The second kappa shape index (κ2) is 5.34. The molecule has 104 valence electrons. The Labute approximate surface area is 115 Å². The van der Waals surface area contributed by atoms with Gasteiger partial charge < -0.3 is 14.1 Å². The van der Waals surface area contributed by atoms with E-state index in [1.807, 2.05) is 12.1 Å². The Hall–Kier alpha value is -2.34. The molecule has 1 aromatic heterocycles.